The molecule has 1 aliphatic heterocycles. The number of unbranched alkanes of at least 4 members (excludes halogenated alkanes) is 2. The molecule has 1 N–H and O–H groups in total. The average Bonchev–Trinajstić information content (AvgIpc) is 2.42. The molecule has 0 spiro atoms. The maximum atomic E-state index is 11.6. The summed E-state index contributed by atoms with van der Waals surface area (Å²) in [5.41, 5.74) is 0.362. The van der Waals surface area contributed by atoms with Gasteiger partial charge in [0.2, 0.25) is 0 Å². The Bertz CT molecular complexity index is 457. The molecule has 100 valence electrons. The number of nitrogens with one attached hydrogen (secondary N) is 1. The Morgan fingerprint density at radius 1 is 1.17 bits per heavy atom. The summed E-state index contributed by atoms with van der Waals surface area (Å²) in [6.07, 6.45) is 3.30. The standard InChI is InChI=1S/C13H20N2O3/c1-2-3-4-5-14-10-11(13(17)12(10)16)15-6-8-18-9-7-15/h14H,2-9H2,1H3. The molecule has 5 heteroatoms. The van der Waals surface area contributed by atoms with Crippen LogP contribution in [0, 0.1) is 0 Å². The van der Waals surface area contributed by atoms with Crippen LogP contribution in [-0.4, -0.2) is 32.8 Å². The Morgan fingerprint density at radius 2 is 1.89 bits per heavy atom. The summed E-state index contributed by atoms with van der Waals surface area (Å²) in [5.74, 6) is 0. The zero-order valence-electron chi connectivity index (χ0n) is 10.8. The van der Waals surface area contributed by atoms with E-state index in [0.29, 0.717) is 37.7 Å². The van der Waals surface area contributed by atoms with E-state index in [-0.39, 0.29) is 10.9 Å². The predicted molar refractivity (Wildman–Crippen MR) is 72.4 cm³/mol. The summed E-state index contributed by atoms with van der Waals surface area (Å²) in [6.45, 7) is 5.51. The van der Waals surface area contributed by atoms with Crippen molar-refractivity contribution in [1.29, 1.82) is 0 Å². The summed E-state index contributed by atoms with van der Waals surface area (Å²) in [4.78, 5) is 25.1. The molecule has 0 atom stereocenters. The smallest absolute Gasteiger partial charge is 0.253 e. The van der Waals surface area contributed by atoms with E-state index in [1.54, 1.807) is 0 Å². The van der Waals surface area contributed by atoms with Crippen molar-refractivity contribution in [2.45, 2.75) is 26.2 Å². The first kappa shape index (κ1) is 13.1. The van der Waals surface area contributed by atoms with Crippen LogP contribution in [-0.2, 0) is 4.74 Å². The van der Waals surface area contributed by atoms with Crippen molar-refractivity contribution in [1.82, 2.24) is 0 Å². The second-order valence-corrected chi connectivity index (χ2v) is 4.62. The highest BCUT2D eigenvalue weighted by atomic mass is 16.5. The van der Waals surface area contributed by atoms with Gasteiger partial charge in [-0.1, -0.05) is 19.8 Å². The normalized spacial score (nSPS) is 16.2. The van der Waals surface area contributed by atoms with Crippen LogP contribution in [0.3, 0.4) is 0 Å². The molecule has 0 saturated carbocycles. The molecule has 2 rings (SSSR count). The van der Waals surface area contributed by atoms with Crippen LogP contribution in [0.25, 0.3) is 0 Å². The van der Waals surface area contributed by atoms with Crippen molar-refractivity contribution in [2.24, 2.45) is 0 Å². The molecule has 0 aromatic heterocycles. The maximum absolute atomic E-state index is 11.6. The topological polar surface area (TPSA) is 58.6 Å². The lowest BCUT2D eigenvalue weighted by Gasteiger charge is -2.30. The summed E-state index contributed by atoms with van der Waals surface area (Å²) in [6, 6.07) is 0. The second-order valence-electron chi connectivity index (χ2n) is 4.62. The average molecular weight is 252 g/mol. The van der Waals surface area contributed by atoms with Gasteiger partial charge in [0.25, 0.3) is 10.9 Å². The minimum Gasteiger partial charge on any atom is -0.380 e. The van der Waals surface area contributed by atoms with Gasteiger partial charge >= 0.3 is 0 Å². The van der Waals surface area contributed by atoms with Crippen LogP contribution >= 0.6 is 0 Å². The Morgan fingerprint density at radius 3 is 2.56 bits per heavy atom. The molecule has 0 aliphatic carbocycles. The summed E-state index contributed by atoms with van der Waals surface area (Å²) in [5, 5.41) is 3.11. The Kier molecular flexibility index (Phi) is 4.36. The van der Waals surface area contributed by atoms with Crippen molar-refractivity contribution >= 4 is 11.4 Å². The van der Waals surface area contributed by atoms with E-state index in [1.165, 1.54) is 0 Å². The van der Waals surface area contributed by atoms with Crippen molar-refractivity contribution in [3.8, 4) is 0 Å². The zero-order chi connectivity index (χ0) is 13.0. The van der Waals surface area contributed by atoms with Crippen molar-refractivity contribution in [3.63, 3.8) is 0 Å². The SMILES string of the molecule is CCCCCNc1c(N2CCOCC2)c(=O)c1=O. The van der Waals surface area contributed by atoms with Crippen LogP contribution in [0.2, 0.25) is 0 Å². The summed E-state index contributed by atoms with van der Waals surface area (Å²) >= 11 is 0. The number of hydrogen-bond donors (Lipinski definition) is 1. The van der Waals surface area contributed by atoms with Gasteiger partial charge in [-0.25, -0.2) is 0 Å². The van der Waals surface area contributed by atoms with Crippen LogP contribution in [0.4, 0.5) is 11.4 Å². The molecule has 0 radical (unpaired) electrons. The third-order valence-corrected chi connectivity index (χ3v) is 3.29. The Balaban J connectivity index is 1.99. The Labute approximate surface area is 106 Å². The zero-order valence-corrected chi connectivity index (χ0v) is 10.8. The Hall–Kier alpha value is -1.36. The van der Waals surface area contributed by atoms with E-state index in [0.717, 1.165) is 25.8 Å². The van der Waals surface area contributed by atoms with Gasteiger partial charge in [-0.2, -0.15) is 0 Å². The van der Waals surface area contributed by atoms with Crippen LogP contribution in [0.1, 0.15) is 26.2 Å². The van der Waals surface area contributed by atoms with Crippen molar-refractivity contribution in [3.05, 3.63) is 20.4 Å². The van der Waals surface area contributed by atoms with E-state index in [4.69, 9.17) is 4.74 Å². The highest BCUT2D eigenvalue weighted by Gasteiger charge is 2.26. The molecule has 1 heterocycles. The van der Waals surface area contributed by atoms with Gasteiger partial charge < -0.3 is 15.0 Å². The van der Waals surface area contributed by atoms with Crippen LogP contribution in [0.15, 0.2) is 9.59 Å². The number of ether oxygens (including phenoxy) is 1. The fourth-order valence-electron chi connectivity index (χ4n) is 2.22. The second kappa shape index (κ2) is 6.00. The molecular formula is C13H20N2O3. The van der Waals surface area contributed by atoms with Gasteiger partial charge in [0, 0.05) is 19.6 Å². The molecule has 0 bridgehead atoms. The first-order valence-corrected chi connectivity index (χ1v) is 6.65. The fourth-order valence-corrected chi connectivity index (χ4v) is 2.22. The number of nitrogens with zero attached hydrogens (tertiary/aromatic N) is 1. The van der Waals surface area contributed by atoms with Gasteiger partial charge in [0.05, 0.1) is 13.2 Å². The van der Waals surface area contributed by atoms with E-state index in [1.807, 2.05) is 4.90 Å². The quantitative estimate of drug-likeness (QED) is 0.597. The fraction of sp³-hybridized carbons (Fsp3) is 0.692. The van der Waals surface area contributed by atoms with Crippen molar-refractivity contribution in [2.75, 3.05) is 43.1 Å². The van der Waals surface area contributed by atoms with Crippen molar-refractivity contribution < 1.29 is 4.74 Å². The maximum Gasteiger partial charge on any atom is 0.253 e. The number of morpholine rings is 1. The van der Waals surface area contributed by atoms with E-state index in [9.17, 15) is 9.59 Å². The molecule has 18 heavy (non-hydrogen) atoms. The number of anilines is 2. The number of rotatable bonds is 6. The molecule has 1 fully saturated rings. The molecule has 1 aliphatic rings. The third kappa shape index (κ3) is 2.56. The molecule has 0 unspecified atom stereocenters. The van der Waals surface area contributed by atoms with Gasteiger partial charge in [-0.15, -0.1) is 0 Å². The van der Waals surface area contributed by atoms with E-state index >= 15 is 0 Å². The first-order chi connectivity index (χ1) is 8.75. The van der Waals surface area contributed by atoms with E-state index in [2.05, 4.69) is 12.2 Å². The van der Waals surface area contributed by atoms with Gasteiger partial charge in [-0.3, -0.25) is 9.59 Å². The lowest BCUT2D eigenvalue weighted by atomic mass is 10.1. The summed E-state index contributed by atoms with van der Waals surface area (Å²) in [7, 11) is 0. The largest absolute Gasteiger partial charge is 0.380 e. The molecular weight excluding hydrogens is 232 g/mol. The molecule has 1 aromatic rings. The molecule has 0 amide bonds. The molecule has 1 saturated heterocycles. The predicted octanol–water partition coefficient (Wildman–Crippen LogP) is 0.721. The highest BCUT2D eigenvalue weighted by Crippen LogP contribution is 2.21. The van der Waals surface area contributed by atoms with Crippen LogP contribution in [0.5, 0.6) is 0 Å². The van der Waals surface area contributed by atoms with Crippen LogP contribution < -0.4 is 21.1 Å². The van der Waals surface area contributed by atoms with E-state index < -0.39 is 0 Å². The lowest BCUT2D eigenvalue weighted by molar-refractivity contribution is 0.122. The third-order valence-electron chi connectivity index (χ3n) is 3.29. The lowest BCUT2D eigenvalue weighted by Crippen LogP contribution is -2.47. The minimum atomic E-state index is -0.368. The minimum absolute atomic E-state index is 0.352. The summed E-state index contributed by atoms with van der Waals surface area (Å²) < 4.78 is 5.25. The van der Waals surface area contributed by atoms with Gasteiger partial charge in [0.15, 0.2) is 0 Å². The molecule has 5 nitrogen and oxygen atoms in total. The first-order valence-electron chi connectivity index (χ1n) is 6.65. The molecule has 1 aromatic carbocycles. The number of hydrogen-bond acceptors (Lipinski definition) is 5. The highest BCUT2D eigenvalue weighted by molar-refractivity contribution is 5.75. The monoisotopic (exact) mass is 252 g/mol. The van der Waals surface area contributed by atoms with Gasteiger partial charge in [0.1, 0.15) is 11.4 Å². The van der Waals surface area contributed by atoms with Gasteiger partial charge in [-0.05, 0) is 6.42 Å².